The number of rotatable bonds is 12. The predicted octanol–water partition coefficient (Wildman–Crippen LogP) is 5.50. The van der Waals surface area contributed by atoms with Crippen molar-refractivity contribution in [3.63, 3.8) is 0 Å². The number of aryl methyl sites for hydroxylation is 4. The normalized spacial score (nSPS) is 10.9. The highest BCUT2D eigenvalue weighted by atomic mass is 16.5. The molecule has 1 heterocycles. The zero-order chi connectivity index (χ0) is 26.2. The maximum absolute atomic E-state index is 12.6. The van der Waals surface area contributed by atoms with Crippen LogP contribution in [0.2, 0.25) is 0 Å². The molecule has 0 aliphatic carbocycles. The number of nitrogens with one attached hydrogen (secondary N) is 1. The van der Waals surface area contributed by atoms with Crippen LogP contribution in [0.4, 0.5) is 0 Å². The summed E-state index contributed by atoms with van der Waals surface area (Å²) in [5, 5.41) is 3.00. The summed E-state index contributed by atoms with van der Waals surface area (Å²) in [5.41, 5.74) is 5.15. The Labute approximate surface area is 218 Å². The summed E-state index contributed by atoms with van der Waals surface area (Å²) in [6, 6.07) is 19.6. The van der Waals surface area contributed by atoms with E-state index in [0.717, 1.165) is 48.4 Å². The number of methoxy groups -OCH3 is 2. The molecule has 37 heavy (non-hydrogen) atoms. The first-order valence-electron chi connectivity index (χ1n) is 12.6. The molecule has 1 aromatic heterocycles. The zero-order valence-electron chi connectivity index (χ0n) is 22.0. The summed E-state index contributed by atoms with van der Waals surface area (Å²) in [7, 11) is 3.13. The molecule has 0 unspecified atom stereocenters. The second kappa shape index (κ2) is 12.3. The lowest BCUT2D eigenvalue weighted by Crippen LogP contribution is -2.25. The molecule has 0 saturated carbocycles. The minimum atomic E-state index is -0.141. The van der Waals surface area contributed by atoms with E-state index in [2.05, 4.69) is 41.9 Å². The highest BCUT2D eigenvalue weighted by Crippen LogP contribution is 2.27. The van der Waals surface area contributed by atoms with Gasteiger partial charge in [0.15, 0.2) is 11.5 Å². The Morgan fingerprint density at radius 3 is 2.51 bits per heavy atom. The standard InChI is InChI=1S/C30H35N3O4/c1-21-12-14-24(19-22(21)2)37-18-8-17-33-26-10-6-5-9-25(26)32-29(33)11-7-16-31-30(34)23-13-15-27(35-3)28(20-23)36-4/h5-6,9-10,12-15,19-20H,7-8,11,16-18H2,1-4H3,(H,31,34). The minimum Gasteiger partial charge on any atom is -0.494 e. The monoisotopic (exact) mass is 501 g/mol. The van der Waals surface area contributed by atoms with E-state index in [1.807, 2.05) is 24.3 Å². The van der Waals surface area contributed by atoms with Crippen molar-refractivity contribution >= 4 is 16.9 Å². The summed E-state index contributed by atoms with van der Waals surface area (Å²) in [6.07, 6.45) is 2.41. The molecule has 0 saturated heterocycles. The van der Waals surface area contributed by atoms with Crippen LogP contribution in [0.5, 0.6) is 17.2 Å². The molecule has 7 nitrogen and oxygen atoms in total. The van der Waals surface area contributed by atoms with Crippen LogP contribution in [0.3, 0.4) is 0 Å². The molecule has 0 fully saturated rings. The lowest BCUT2D eigenvalue weighted by atomic mass is 10.1. The molecule has 0 bridgehead atoms. The van der Waals surface area contributed by atoms with E-state index >= 15 is 0 Å². The van der Waals surface area contributed by atoms with Gasteiger partial charge in [-0.25, -0.2) is 4.98 Å². The molecule has 0 aliphatic rings. The summed E-state index contributed by atoms with van der Waals surface area (Å²) < 4.78 is 18.8. The Morgan fingerprint density at radius 2 is 1.73 bits per heavy atom. The highest BCUT2D eigenvalue weighted by Gasteiger charge is 2.13. The number of carbonyl (C=O) groups excluding carboxylic acids is 1. The van der Waals surface area contributed by atoms with Gasteiger partial charge in [-0.2, -0.15) is 0 Å². The number of nitrogens with zero attached hydrogens (tertiary/aromatic N) is 2. The van der Waals surface area contributed by atoms with Gasteiger partial charge in [0.05, 0.1) is 31.9 Å². The SMILES string of the molecule is COc1ccc(C(=O)NCCCc2nc3ccccc3n2CCCOc2ccc(C)c(C)c2)cc1OC. The number of hydrogen-bond acceptors (Lipinski definition) is 5. The average molecular weight is 502 g/mol. The lowest BCUT2D eigenvalue weighted by molar-refractivity contribution is 0.0952. The molecule has 1 N–H and O–H groups in total. The smallest absolute Gasteiger partial charge is 0.251 e. The molecule has 4 rings (SSSR count). The van der Waals surface area contributed by atoms with E-state index in [0.29, 0.717) is 30.2 Å². The number of ether oxygens (including phenoxy) is 3. The molecule has 0 atom stereocenters. The van der Waals surface area contributed by atoms with E-state index in [9.17, 15) is 4.79 Å². The van der Waals surface area contributed by atoms with Crippen molar-refractivity contribution in [1.29, 1.82) is 0 Å². The summed E-state index contributed by atoms with van der Waals surface area (Å²) in [5.74, 6) is 2.91. The molecular formula is C30H35N3O4. The van der Waals surface area contributed by atoms with Gasteiger partial charge in [-0.05, 0) is 80.3 Å². The second-order valence-corrected chi connectivity index (χ2v) is 9.05. The van der Waals surface area contributed by atoms with Crippen molar-refractivity contribution < 1.29 is 19.0 Å². The van der Waals surface area contributed by atoms with Crippen molar-refractivity contribution in [2.75, 3.05) is 27.4 Å². The average Bonchev–Trinajstić information content (AvgIpc) is 3.27. The van der Waals surface area contributed by atoms with Crippen LogP contribution in [-0.2, 0) is 13.0 Å². The van der Waals surface area contributed by atoms with Gasteiger partial charge in [-0.3, -0.25) is 4.79 Å². The summed E-state index contributed by atoms with van der Waals surface area (Å²) in [4.78, 5) is 17.5. The Morgan fingerprint density at radius 1 is 0.919 bits per heavy atom. The largest absolute Gasteiger partial charge is 0.494 e. The van der Waals surface area contributed by atoms with Gasteiger partial charge in [0, 0.05) is 25.1 Å². The highest BCUT2D eigenvalue weighted by molar-refractivity contribution is 5.94. The maximum atomic E-state index is 12.6. The van der Waals surface area contributed by atoms with Crippen LogP contribution in [0.15, 0.2) is 60.7 Å². The molecule has 0 spiro atoms. The van der Waals surface area contributed by atoms with Gasteiger partial charge in [0.2, 0.25) is 0 Å². The van der Waals surface area contributed by atoms with Crippen molar-refractivity contribution in [2.45, 2.75) is 39.7 Å². The van der Waals surface area contributed by atoms with E-state index in [1.54, 1.807) is 32.4 Å². The fourth-order valence-electron chi connectivity index (χ4n) is 4.31. The Kier molecular flexibility index (Phi) is 8.67. The third-order valence-electron chi connectivity index (χ3n) is 6.52. The predicted molar refractivity (Wildman–Crippen MR) is 146 cm³/mol. The van der Waals surface area contributed by atoms with Gasteiger partial charge >= 0.3 is 0 Å². The third kappa shape index (κ3) is 6.42. The van der Waals surface area contributed by atoms with Gasteiger partial charge in [0.1, 0.15) is 11.6 Å². The van der Waals surface area contributed by atoms with Crippen LogP contribution in [0, 0.1) is 13.8 Å². The first kappa shape index (κ1) is 26.1. The number of benzene rings is 3. The first-order valence-corrected chi connectivity index (χ1v) is 12.6. The Hall–Kier alpha value is -4.00. The number of imidazole rings is 1. The molecule has 194 valence electrons. The molecule has 7 heteroatoms. The fourth-order valence-corrected chi connectivity index (χ4v) is 4.31. The molecule has 4 aromatic rings. The van der Waals surface area contributed by atoms with E-state index in [1.165, 1.54) is 11.1 Å². The second-order valence-electron chi connectivity index (χ2n) is 9.05. The van der Waals surface area contributed by atoms with Gasteiger partial charge in [0.25, 0.3) is 5.91 Å². The first-order chi connectivity index (χ1) is 18.0. The zero-order valence-corrected chi connectivity index (χ0v) is 22.0. The molecule has 0 radical (unpaired) electrons. The Bertz CT molecular complexity index is 1360. The number of para-hydroxylation sites is 2. The van der Waals surface area contributed by atoms with Crippen LogP contribution in [0.25, 0.3) is 11.0 Å². The van der Waals surface area contributed by atoms with Crippen molar-refractivity contribution in [1.82, 2.24) is 14.9 Å². The van der Waals surface area contributed by atoms with E-state index in [-0.39, 0.29) is 5.91 Å². The number of aromatic nitrogens is 2. The summed E-state index contributed by atoms with van der Waals surface area (Å²) in [6.45, 7) is 6.20. The number of amides is 1. The lowest BCUT2D eigenvalue weighted by Gasteiger charge is -2.12. The quantitative estimate of drug-likeness (QED) is 0.259. The number of carbonyl (C=O) groups is 1. The molecule has 1 amide bonds. The van der Waals surface area contributed by atoms with Crippen LogP contribution >= 0.6 is 0 Å². The topological polar surface area (TPSA) is 74.6 Å². The van der Waals surface area contributed by atoms with Crippen LogP contribution in [0.1, 0.15) is 40.2 Å². The van der Waals surface area contributed by atoms with Crippen molar-refractivity contribution in [3.8, 4) is 17.2 Å². The fraction of sp³-hybridized carbons (Fsp3) is 0.333. The van der Waals surface area contributed by atoms with E-state index in [4.69, 9.17) is 19.2 Å². The molecule has 0 aliphatic heterocycles. The maximum Gasteiger partial charge on any atom is 0.251 e. The van der Waals surface area contributed by atoms with Gasteiger partial charge < -0.3 is 24.1 Å². The number of hydrogen-bond donors (Lipinski definition) is 1. The third-order valence-corrected chi connectivity index (χ3v) is 6.52. The van der Waals surface area contributed by atoms with Gasteiger partial charge in [-0.1, -0.05) is 18.2 Å². The molecule has 3 aromatic carbocycles. The van der Waals surface area contributed by atoms with Crippen molar-refractivity contribution in [2.24, 2.45) is 0 Å². The summed E-state index contributed by atoms with van der Waals surface area (Å²) >= 11 is 0. The van der Waals surface area contributed by atoms with Gasteiger partial charge in [-0.15, -0.1) is 0 Å². The van der Waals surface area contributed by atoms with E-state index < -0.39 is 0 Å². The van der Waals surface area contributed by atoms with Crippen LogP contribution in [-0.4, -0.2) is 42.8 Å². The van der Waals surface area contributed by atoms with Crippen molar-refractivity contribution in [3.05, 3.63) is 83.2 Å². The Balaban J connectivity index is 1.33. The number of fused-ring (bicyclic) bond motifs is 1. The molecular weight excluding hydrogens is 466 g/mol. The minimum absolute atomic E-state index is 0.141. The van der Waals surface area contributed by atoms with Crippen LogP contribution < -0.4 is 19.5 Å².